The van der Waals surface area contributed by atoms with Crippen LogP contribution in [0.1, 0.15) is 42.6 Å². The number of carboxylic acid groups (broad SMARTS) is 1. The largest absolute Gasteiger partial charge is 0.478 e. The molecule has 0 heterocycles. The lowest BCUT2D eigenvalue weighted by Gasteiger charge is -2.15. The van der Waals surface area contributed by atoms with E-state index in [1.165, 1.54) is 18.2 Å². The summed E-state index contributed by atoms with van der Waals surface area (Å²) in [5.74, 6) is -1.17. The van der Waals surface area contributed by atoms with Crippen molar-refractivity contribution in [3.63, 3.8) is 0 Å². The second-order valence-corrected chi connectivity index (χ2v) is 8.20. The van der Waals surface area contributed by atoms with Crippen LogP contribution >= 0.6 is 0 Å². The van der Waals surface area contributed by atoms with E-state index in [9.17, 15) is 18.3 Å². The standard InChI is InChI=1S/C20H26N2O4S/c1-3-7-15(2)22-27(25,26)17-10-11-19(18(14-17)20(23)24)21-13-12-16-8-5-4-6-9-16/h4-6,8-11,14-15,21-22H,3,7,12-13H2,1-2H3,(H,23,24)/t15-/m1/s1. The van der Waals surface area contributed by atoms with E-state index in [0.29, 0.717) is 18.7 Å². The minimum absolute atomic E-state index is 0.0449. The first kappa shape index (κ1) is 20.9. The summed E-state index contributed by atoms with van der Waals surface area (Å²) in [6.07, 6.45) is 2.30. The molecule has 0 saturated heterocycles. The first-order valence-electron chi connectivity index (χ1n) is 9.01. The summed E-state index contributed by atoms with van der Waals surface area (Å²) in [6, 6.07) is 13.8. The normalized spacial score (nSPS) is 12.5. The number of aromatic carboxylic acids is 1. The van der Waals surface area contributed by atoms with Gasteiger partial charge in [-0.2, -0.15) is 0 Å². The maximum Gasteiger partial charge on any atom is 0.337 e. The predicted octanol–water partition coefficient (Wildman–Crippen LogP) is 3.51. The molecule has 2 aromatic carbocycles. The predicted molar refractivity (Wildman–Crippen MR) is 107 cm³/mol. The van der Waals surface area contributed by atoms with Gasteiger partial charge in [0.2, 0.25) is 10.0 Å². The van der Waals surface area contributed by atoms with Crippen LogP contribution in [0.2, 0.25) is 0 Å². The summed E-state index contributed by atoms with van der Waals surface area (Å²) >= 11 is 0. The molecule has 0 saturated carbocycles. The Kier molecular flexibility index (Phi) is 7.38. The van der Waals surface area contributed by atoms with Crippen LogP contribution in [0, 0.1) is 0 Å². The zero-order valence-electron chi connectivity index (χ0n) is 15.6. The first-order valence-corrected chi connectivity index (χ1v) is 10.5. The zero-order chi connectivity index (χ0) is 19.9. The topological polar surface area (TPSA) is 95.5 Å². The Labute approximate surface area is 160 Å². The molecule has 0 unspecified atom stereocenters. The molecule has 1 atom stereocenters. The maximum atomic E-state index is 12.5. The number of sulfonamides is 1. The van der Waals surface area contributed by atoms with Gasteiger partial charge in [0.25, 0.3) is 0 Å². The van der Waals surface area contributed by atoms with Gasteiger partial charge in [0.1, 0.15) is 0 Å². The number of benzene rings is 2. The molecule has 0 radical (unpaired) electrons. The van der Waals surface area contributed by atoms with Crippen LogP contribution in [0.3, 0.4) is 0 Å². The van der Waals surface area contributed by atoms with Crippen LogP contribution in [0.25, 0.3) is 0 Å². The van der Waals surface area contributed by atoms with E-state index in [0.717, 1.165) is 18.4 Å². The highest BCUT2D eigenvalue weighted by atomic mass is 32.2. The van der Waals surface area contributed by atoms with Crippen molar-refractivity contribution in [1.82, 2.24) is 4.72 Å². The van der Waals surface area contributed by atoms with Gasteiger partial charge in [-0.3, -0.25) is 0 Å². The number of carbonyl (C=O) groups is 1. The summed E-state index contributed by atoms with van der Waals surface area (Å²) in [6.45, 7) is 4.31. The minimum Gasteiger partial charge on any atom is -0.478 e. The van der Waals surface area contributed by atoms with Gasteiger partial charge in [0.05, 0.1) is 10.5 Å². The average molecular weight is 391 g/mol. The van der Waals surface area contributed by atoms with Gasteiger partial charge in [-0.25, -0.2) is 17.9 Å². The molecule has 0 bridgehead atoms. The average Bonchev–Trinajstić information content (AvgIpc) is 2.62. The van der Waals surface area contributed by atoms with Crippen LogP contribution < -0.4 is 10.0 Å². The third-order valence-electron chi connectivity index (χ3n) is 4.18. The quantitative estimate of drug-likeness (QED) is 0.577. The Morgan fingerprint density at radius 3 is 2.48 bits per heavy atom. The van der Waals surface area contributed by atoms with Crippen molar-refractivity contribution in [2.75, 3.05) is 11.9 Å². The van der Waals surface area contributed by atoms with Crippen molar-refractivity contribution < 1.29 is 18.3 Å². The van der Waals surface area contributed by atoms with Gasteiger partial charge < -0.3 is 10.4 Å². The molecule has 0 aromatic heterocycles. The van der Waals surface area contributed by atoms with Crippen LogP contribution in [0.4, 0.5) is 5.69 Å². The lowest BCUT2D eigenvalue weighted by molar-refractivity contribution is 0.0697. The molecule has 0 aliphatic carbocycles. The van der Waals surface area contributed by atoms with Crippen LogP contribution in [-0.4, -0.2) is 32.1 Å². The fourth-order valence-corrected chi connectivity index (χ4v) is 4.14. The fraction of sp³-hybridized carbons (Fsp3) is 0.350. The number of nitrogens with one attached hydrogen (secondary N) is 2. The SMILES string of the molecule is CCC[C@@H](C)NS(=O)(=O)c1ccc(NCCc2ccccc2)c(C(=O)O)c1. The number of anilines is 1. The number of carboxylic acids is 1. The minimum atomic E-state index is -3.76. The van der Waals surface area contributed by atoms with Gasteiger partial charge in [-0.1, -0.05) is 43.7 Å². The van der Waals surface area contributed by atoms with Crippen molar-refractivity contribution in [2.24, 2.45) is 0 Å². The summed E-state index contributed by atoms with van der Waals surface area (Å²) in [5.41, 5.74) is 1.48. The lowest BCUT2D eigenvalue weighted by Crippen LogP contribution is -2.32. The van der Waals surface area contributed by atoms with E-state index in [4.69, 9.17) is 0 Å². The van der Waals surface area contributed by atoms with Crippen LogP contribution in [0.5, 0.6) is 0 Å². The van der Waals surface area contributed by atoms with E-state index in [1.54, 1.807) is 6.92 Å². The monoisotopic (exact) mass is 390 g/mol. The van der Waals surface area contributed by atoms with Crippen LogP contribution in [-0.2, 0) is 16.4 Å². The smallest absolute Gasteiger partial charge is 0.337 e. The Hall–Kier alpha value is -2.38. The highest BCUT2D eigenvalue weighted by Crippen LogP contribution is 2.21. The Bertz CT molecular complexity index is 867. The molecule has 2 aromatic rings. The summed E-state index contributed by atoms with van der Waals surface area (Å²) in [4.78, 5) is 11.6. The third-order valence-corrected chi connectivity index (χ3v) is 5.77. The molecule has 0 amide bonds. The summed E-state index contributed by atoms with van der Waals surface area (Å²) in [7, 11) is -3.76. The molecule has 3 N–H and O–H groups in total. The molecule has 0 fully saturated rings. The fourth-order valence-electron chi connectivity index (χ4n) is 2.83. The molecule has 2 rings (SSSR count). The molecule has 27 heavy (non-hydrogen) atoms. The van der Waals surface area contributed by atoms with E-state index < -0.39 is 16.0 Å². The van der Waals surface area contributed by atoms with E-state index in [-0.39, 0.29) is 16.5 Å². The Morgan fingerprint density at radius 1 is 1.15 bits per heavy atom. The van der Waals surface area contributed by atoms with Crippen LogP contribution in [0.15, 0.2) is 53.4 Å². The molecule has 146 valence electrons. The Morgan fingerprint density at radius 2 is 1.85 bits per heavy atom. The molecular formula is C20H26N2O4S. The van der Waals surface area contributed by atoms with Crippen molar-refractivity contribution in [1.29, 1.82) is 0 Å². The van der Waals surface area contributed by atoms with Gasteiger partial charge in [-0.05, 0) is 43.5 Å². The van der Waals surface area contributed by atoms with Gasteiger partial charge in [0, 0.05) is 18.3 Å². The molecule has 0 spiro atoms. The van der Waals surface area contributed by atoms with Gasteiger partial charge >= 0.3 is 5.97 Å². The van der Waals surface area contributed by atoms with E-state index in [1.807, 2.05) is 37.3 Å². The summed E-state index contributed by atoms with van der Waals surface area (Å²) in [5, 5.41) is 12.6. The molecule has 6 nitrogen and oxygen atoms in total. The van der Waals surface area contributed by atoms with E-state index in [2.05, 4.69) is 10.0 Å². The van der Waals surface area contributed by atoms with Crippen molar-refractivity contribution in [3.8, 4) is 0 Å². The molecule has 0 aliphatic rings. The summed E-state index contributed by atoms with van der Waals surface area (Å²) < 4.78 is 27.5. The van der Waals surface area contributed by atoms with Gasteiger partial charge in [0.15, 0.2) is 0 Å². The zero-order valence-corrected chi connectivity index (χ0v) is 16.4. The maximum absolute atomic E-state index is 12.5. The highest BCUT2D eigenvalue weighted by molar-refractivity contribution is 7.89. The second-order valence-electron chi connectivity index (χ2n) is 6.49. The van der Waals surface area contributed by atoms with Crippen molar-refractivity contribution in [2.45, 2.75) is 44.0 Å². The number of hydrogen-bond acceptors (Lipinski definition) is 4. The highest BCUT2D eigenvalue weighted by Gasteiger charge is 2.20. The number of rotatable bonds is 10. The Balaban J connectivity index is 2.15. The van der Waals surface area contributed by atoms with Gasteiger partial charge in [-0.15, -0.1) is 0 Å². The second kappa shape index (κ2) is 9.53. The van der Waals surface area contributed by atoms with E-state index >= 15 is 0 Å². The first-order chi connectivity index (χ1) is 12.8. The third kappa shape index (κ3) is 6.08. The lowest BCUT2D eigenvalue weighted by atomic mass is 10.1. The molecule has 0 aliphatic heterocycles. The number of hydrogen-bond donors (Lipinski definition) is 3. The molecule has 7 heteroatoms. The molecular weight excluding hydrogens is 364 g/mol. The van der Waals surface area contributed by atoms with Crippen molar-refractivity contribution in [3.05, 3.63) is 59.7 Å². The van der Waals surface area contributed by atoms with Crippen molar-refractivity contribution >= 4 is 21.7 Å².